The summed E-state index contributed by atoms with van der Waals surface area (Å²) in [6.45, 7) is 9.29. The molecule has 0 spiro atoms. The lowest BCUT2D eigenvalue weighted by molar-refractivity contribution is -0.119. The summed E-state index contributed by atoms with van der Waals surface area (Å²) in [6, 6.07) is 15.7. The number of benzene rings is 2. The molecule has 0 bridgehead atoms. The van der Waals surface area contributed by atoms with E-state index in [9.17, 15) is 9.59 Å². The van der Waals surface area contributed by atoms with E-state index in [-0.39, 0.29) is 18.7 Å². The zero-order valence-electron chi connectivity index (χ0n) is 18.6. The molecule has 3 rings (SSSR count). The molecule has 31 heavy (non-hydrogen) atoms. The highest BCUT2D eigenvalue weighted by molar-refractivity contribution is 5.75. The number of amides is 2. The maximum atomic E-state index is 12.9. The van der Waals surface area contributed by atoms with Gasteiger partial charge in [0.25, 0.3) is 5.91 Å². The average Bonchev–Trinajstić information content (AvgIpc) is 2.82. The molecule has 2 amide bonds. The van der Waals surface area contributed by atoms with Crippen LogP contribution in [-0.4, -0.2) is 41.7 Å². The summed E-state index contributed by atoms with van der Waals surface area (Å²) in [5.41, 5.74) is 7.82. The van der Waals surface area contributed by atoms with Gasteiger partial charge in [0.1, 0.15) is 11.4 Å². The Balaban J connectivity index is 1.83. The van der Waals surface area contributed by atoms with Crippen LogP contribution in [0.5, 0.6) is 5.75 Å². The summed E-state index contributed by atoms with van der Waals surface area (Å²) in [5, 5.41) is 0. The third-order valence-electron chi connectivity index (χ3n) is 4.97. The molecule has 1 aliphatic rings. The van der Waals surface area contributed by atoms with Crippen molar-refractivity contribution < 1.29 is 19.1 Å². The fourth-order valence-corrected chi connectivity index (χ4v) is 3.63. The maximum absolute atomic E-state index is 12.9. The minimum Gasteiger partial charge on any atom is -0.484 e. The third-order valence-corrected chi connectivity index (χ3v) is 4.97. The van der Waals surface area contributed by atoms with E-state index in [1.807, 2.05) is 64.1 Å². The first-order chi connectivity index (χ1) is 14.6. The van der Waals surface area contributed by atoms with Crippen molar-refractivity contribution in [1.29, 1.82) is 0 Å². The van der Waals surface area contributed by atoms with Crippen molar-refractivity contribution >= 4 is 17.7 Å². The molecule has 0 saturated carbocycles. The highest BCUT2D eigenvalue weighted by Crippen LogP contribution is 2.30. The second-order valence-corrected chi connectivity index (χ2v) is 8.87. The number of carbonyl (C=O) groups excluding carboxylic acids is 2. The second-order valence-electron chi connectivity index (χ2n) is 8.87. The molecule has 7 heteroatoms. The molecule has 0 aliphatic carbocycles. The Morgan fingerprint density at radius 3 is 2.58 bits per heavy atom. The number of hydrogen-bond acceptors (Lipinski definition) is 5. The van der Waals surface area contributed by atoms with Crippen LogP contribution < -0.4 is 15.4 Å². The Hall–Kier alpha value is -3.22. The minimum atomic E-state index is -0.548. The van der Waals surface area contributed by atoms with Crippen LogP contribution in [0, 0.1) is 0 Å². The summed E-state index contributed by atoms with van der Waals surface area (Å²) >= 11 is 0. The van der Waals surface area contributed by atoms with Crippen molar-refractivity contribution in [3.63, 3.8) is 0 Å². The third kappa shape index (κ3) is 6.13. The van der Waals surface area contributed by atoms with E-state index in [1.165, 1.54) is 0 Å². The first kappa shape index (κ1) is 22.5. The predicted octanol–water partition coefficient (Wildman–Crippen LogP) is 3.70. The normalized spacial score (nSPS) is 16.3. The van der Waals surface area contributed by atoms with Gasteiger partial charge in [0.15, 0.2) is 6.61 Å². The number of nitrogens with zero attached hydrogens (tertiary/aromatic N) is 2. The monoisotopic (exact) mass is 425 g/mol. The van der Waals surface area contributed by atoms with Crippen molar-refractivity contribution in [2.75, 3.05) is 18.1 Å². The number of hydrogen-bond donors (Lipinski definition) is 1. The van der Waals surface area contributed by atoms with Gasteiger partial charge in [0.2, 0.25) is 0 Å². The van der Waals surface area contributed by atoms with Crippen LogP contribution >= 0.6 is 0 Å². The van der Waals surface area contributed by atoms with E-state index in [2.05, 4.69) is 11.0 Å². The van der Waals surface area contributed by atoms with E-state index >= 15 is 0 Å². The van der Waals surface area contributed by atoms with Crippen LogP contribution in [0.4, 0.5) is 10.5 Å². The van der Waals surface area contributed by atoms with E-state index in [0.29, 0.717) is 25.4 Å². The van der Waals surface area contributed by atoms with Gasteiger partial charge in [-0.05, 0) is 57.0 Å². The quantitative estimate of drug-likeness (QED) is 0.790. The van der Waals surface area contributed by atoms with Crippen LogP contribution in [0.15, 0.2) is 48.5 Å². The molecule has 2 N–H and O–H groups in total. The zero-order valence-corrected chi connectivity index (χ0v) is 18.6. The van der Waals surface area contributed by atoms with Gasteiger partial charge in [-0.3, -0.25) is 9.69 Å². The maximum Gasteiger partial charge on any atom is 0.410 e. The number of carbonyl (C=O) groups is 2. The second kappa shape index (κ2) is 9.29. The van der Waals surface area contributed by atoms with Crippen LogP contribution in [0.3, 0.4) is 0 Å². The topological polar surface area (TPSA) is 85.1 Å². The Morgan fingerprint density at radius 2 is 1.87 bits per heavy atom. The van der Waals surface area contributed by atoms with Gasteiger partial charge in [-0.15, -0.1) is 0 Å². The molecule has 1 heterocycles. The van der Waals surface area contributed by atoms with E-state index in [4.69, 9.17) is 15.2 Å². The fraction of sp³-hybridized carbons (Fsp3) is 0.417. The molecule has 0 aromatic heterocycles. The van der Waals surface area contributed by atoms with Crippen molar-refractivity contribution in [2.45, 2.75) is 52.4 Å². The lowest BCUT2D eigenvalue weighted by atomic mass is 10.1. The van der Waals surface area contributed by atoms with Crippen LogP contribution in [0.25, 0.3) is 0 Å². The zero-order chi connectivity index (χ0) is 22.6. The lowest BCUT2D eigenvalue weighted by Crippen LogP contribution is -2.44. The van der Waals surface area contributed by atoms with Crippen LogP contribution in [-0.2, 0) is 22.6 Å². The van der Waals surface area contributed by atoms with Gasteiger partial charge in [0.05, 0.1) is 12.6 Å². The van der Waals surface area contributed by atoms with Gasteiger partial charge >= 0.3 is 6.09 Å². The summed E-state index contributed by atoms with van der Waals surface area (Å²) in [5.74, 6) is 0.0887. The van der Waals surface area contributed by atoms with Gasteiger partial charge in [0, 0.05) is 18.8 Å². The molecule has 0 unspecified atom stereocenters. The van der Waals surface area contributed by atoms with Gasteiger partial charge in [-0.25, -0.2) is 4.79 Å². The summed E-state index contributed by atoms with van der Waals surface area (Å²) in [4.78, 5) is 27.9. The van der Waals surface area contributed by atoms with Crippen molar-refractivity contribution in [3.8, 4) is 5.75 Å². The molecule has 2 aromatic rings. The van der Waals surface area contributed by atoms with Gasteiger partial charge in [-0.2, -0.15) is 0 Å². The summed E-state index contributed by atoms with van der Waals surface area (Å²) < 4.78 is 11.1. The number of nitrogens with two attached hydrogens (primary N) is 1. The van der Waals surface area contributed by atoms with Crippen LogP contribution in [0.1, 0.15) is 38.8 Å². The van der Waals surface area contributed by atoms with Crippen LogP contribution in [0.2, 0.25) is 0 Å². The van der Waals surface area contributed by atoms with E-state index in [1.54, 1.807) is 11.0 Å². The molecule has 2 aromatic carbocycles. The SMILES string of the molecule is C[C@@H]1CN(Cc2cccc(OCC(N)=O)c2)c2ccccc2CN1C(=O)OC(C)(C)C. The molecule has 0 radical (unpaired) electrons. The number of ether oxygens (including phenoxy) is 2. The summed E-state index contributed by atoms with van der Waals surface area (Å²) in [6.07, 6.45) is -0.307. The molecule has 7 nitrogen and oxygen atoms in total. The molecule has 1 atom stereocenters. The summed E-state index contributed by atoms with van der Waals surface area (Å²) in [7, 11) is 0. The van der Waals surface area contributed by atoms with Crippen molar-refractivity contribution in [3.05, 3.63) is 59.7 Å². The first-order valence-electron chi connectivity index (χ1n) is 10.4. The van der Waals surface area contributed by atoms with Gasteiger partial charge in [-0.1, -0.05) is 30.3 Å². The Kier molecular flexibility index (Phi) is 6.73. The molecular weight excluding hydrogens is 394 g/mol. The average molecular weight is 426 g/mol. The van der Waals surface area contributed by atoms with Crippen molar-refractivity contribution in [2.24, 2.45) is 5.73 Å². The first-order valence-corrected chi connectivity index (χ1v) is 10.4. The highest BCUT2D eigenvalue weighted by Gasteiger charge is 2.31. The lowest BCUT2D eigenvalue weighted by Gasteiger charge is -2.32. The Labute approximate surface area is 183 Å². The fourth-order valence-electron chi connectivity index (χ4n) is 3.63. The van der Waals surface area contributed by atoms with Crippen molar-refractivity contribution in [1.82, 2.24) is 4.90 Å². The van der Waals surface area contributed by atoms with Gasteiger partial charge < -0.3 is 20.1 Å². The number of primary amides is 1. The highest BCUT2D eigenvalue weighted by atomic mass is 16.6. The standard InChI is InChI=1S/C24H31N3O4/c1-17-13-26(14-18-8-7-10-20(12-18)30-16-22(25)28)21-11-6-5-9-19(21)15-27(17)23(29)31-24(2,3)4/h5-12,17H,13-16H2,1-4H3,(H2,25,28)/t17-/m1/s1. The predicted molar refractivity (Wildman–Crippen MR) is 120 cm³/mol. The largest absolute Gasteiger partial charge is 0.484 e. The Bertz CT molecular complexity index is 938. The Morgan fingerprint density at radius 1 is 1.13 bits per heavy atom. The minimum absolute atomic E-state index is 0.0449. The number of fused-ring (bicyclic) bond motifs is 1. The molecule has 166 valence electrons. The molecule has 1 aliphatic heterocycles. The van der Waals surface area contributed by atoms with E-state index in [0.717, 1.165) is 16.8 Å². The number of para-hydroxylation sites is 1. The molecule has 0 saturated heterocycles. The molecule has 0 fully saturated rings. The number of rotatable bonds is 5. The molecular formula is C24H31N3O4. The number of anilines is 1. The van der Waals surface area contributed by atoms with E-state index < -0.39 is 11.5 Å². The smallest absolute Gasteiger partial charge is 0.410 e.